The van der Waals surface area contributed by atoms with E-state index in [1.165, 1.54) is 6.42 Å². The number of hydrogen-bond donors (Lipinski definition) is 1. The summed E-state index contributed by atoms with van der Waals surface area (Å²) in [7, 11) is 0. The maximum absolute atomic E-state index is 13.8. The van der Waals surface area contributed by atoms with Crippen molar-refractivity contribution in [2.75, 3.05) is 0 Å². The van der Waals surface area contributed by atoms with Gasteiger partial charge in [-0.1, -0.05) is 107 Å². The summed E-state index contributed by atoms with van der Waals surface area (Å²) in [6, 6.07) is 25.6. The van der Waals surface area contributed by atoms with E-state index >= 15 is 0 Å². The smallest absolute Gasteiger partial charge is 0.243 e. The summed E-state index contributed by atoms with van der Waals surface area (Å²) >= 11 is 3.50. The topological polar surface area (TPSA) is 49.4 Å². The summed E-state index contributed by atoms with van der Waals surface area (Å²) in [6.07, 6.45) is 6.27. The molecule has 0 spiro atoms. The lowest BCUT2D eigenvalue weighted by Gasteiger charge is -2.33. The van der Waals surface area contributed by atoms with E-state index < -0.39 is 6.04 Å². The van der Waals surface area contributed by atoms with Crippen LogP contribution in [0, 0.1) is 6.92 Å². The van der Waals surface area contributed by atoms with Gasteiger partial charge in [0.1, 0.15) is 6.04 Å². The number of nitrogens with one attached hydrogen (secondary N) is 1. The summed E-state index contributed by atoms with van der Waals surface area (Å²) in [6.45, 7) is 2.42. The van der Waals surface area contributed by atoms with Crippen molar-refractivity contribution >= 4 is 27.7 Å². The molecule has 5 heteroatoms. The Balaban J connectivity index is 1.64. The standard InChI is InChI=1S/C31H35BrN2O2/c1-23-12-14-25(15-13-23)21-30(35)34(22-26-16-18-27(32)19-17-26)29(20-24-8-4-2-5-9-24)31(36)33-28-10-6-3-7-11-28/h2,4-5,8-9,12-19,28-29H,3,6-7,10-11,20-22H2,1H3,(H,33,36)/t29-/m1/s1. The number of benzene rings is 3. The van der Waals surface area contributed by atoms with Crippen LogP contribution in [-0.4, -0.2) is 28.8 Å². The lowest BCUT2D eigenvalue weighted by molar-refractivity contribution is -0.141. The van der Waals surface area contributed by atoms with Gasteiger partial charge < -0.3 is 10.2 Å². The van der Waals surface area contributed by atoms with Crippen LogP contribution in [0.1, 0.15) is 54.4 Å². The minimum absolute atomic E-state index is 0.0403. The van der Waals surface area contributed by atoms with Crippen LogP contribution in [0.4, 0.5) is 0 Å². The third-order valence-electron chi connectivity index (χ3n) is 6.96. The van der Waals surface area contributed by atoms with E-state index in [1.54, 1.807) is 4.90 Å². The maximum atomic E-state index is 13.8. The third-order valence-corrected chi connectivity index (χ3v) is 7.49. The van der Waals surface area contributed by atoms with Crippen molar-refractivity contribution in [2.24, 2.45) is 0 Å². The minimum atomic E-state index is -0.587. The highest BCUT2D eigenvalue weighted by Gasteiger charge is 2.31. The van der Waals surface area contributed by atoms with Crippen molar-refractivity contribution in [1.82, 2.24) is 10.2 Å². The lowest BCUT2D eigenvalue weighted by Crippen LogP contribution is -2.53. The van der Waals surface area contributed by atoms with Crippen LogP contribution in [0.3, 0.4) is 0 Å². The van der Waals surface area contributed by atoms with Gasteiger partial charge in [0.15, 0.2) is 0 Å². The van der Waals surface area contributed by atoms with Crippen LogP contribution in [0.15, 0.2) is 83.3 Å². The molecule has 1 atom stereocenters. The molecule has 0 unspecified atom stereocenters. The summed E-state index contributed by atoms with van der Waals surface area (Å²) in [5, 5.41) is 3.30. The highest BCUT2D eigenvalue weighted by Crippen LogP contribution is 2.21. The van der Waals surface area contributed by atoms with Gasteiger partial charge in [-0.2, -0.15) is 0 Å². The van der Waals surface area contributed by atoms with Gasteiger partial charge in [0.25, 0.3) is 0 Å². The van der Waals surface area contributed by atoms with Gasteiger partial charge in [0, 0.05) is 23.5 Å². The Morgan fingerprint density at radius 2 is 1.50 bits per heavy atom. The first-order valence-corrected chi connectivity index (χ1v) is 13.7. The second-order valence-electron chi connectivity index (χ2n) is 9.86. The van der Waals surface area contributed by atoms with Gasteiger partial charge >= 0.3 is 0 Å². The van der Waals surface area contributed by atoms with Gasteiger partial charge in [-0.05, 0) is 48.6 Å². The molecule has 0 heterocycles. The first-order valence-electron chi connectivity index (χ1n) is 12.9. The van der Waals surface area contributed by atoms with E-state index in [-0.39, 0.29) is 24.3 Å². The van der Waals surface area contributed by atoms with Gasteiger partial charge in [0.05, 0.1) is 6.42 Å². The van der Waals surface area contributed by atoms with Crippen LogP contribution in [0.25, 0.3) is 0 Å². The molecule has 2 amide bonds. The molecule has 3 aromatic rings. The molecule has 3 aromatic carbocycles. The lowest BCUT2D eigenvalue weighted by atomic mass is 9.94. The van der Waals surface area contributed by atoms with E-state index in [0.717, 1.165) is 52.4 Å². The van der Waals surface area contributed by atoms with Gasteiger partial charge in [0.2, 0.25) is 11.8 Å². The minimum Gasteiger partial charge on any atom is -0.352 e. The molecule has 0 saturated heterocycles. The second-order valence-corrected chi connectivity index (χ2v) is 10.8. The number of halogens is 1. The second kappa shape index (κ2) is 12.9. The molecule has 1 N–H and O–H groups in total. The molecule has 188 valence electrons. The number of aryl methyl sites for hydroxylation is 1. The van der Waals surface area contributed by atoms with Crippen molar-refractivity contribution in [3.63, 3.8) is 0 Å². The zero-order valence-electron chi connectivity index (χ0n) is 21.0. The quantitative estimate of drug-likeness (QED) is 0.338. The molecule has 4 nitrogen and oxygen atoms in total. The Kier molecular flexibility index (Phi) is 9.35. The van der Waals surface area contributed by atoms with Crippen LogP contribution < -0.4 is 5.32 Å². The maximum Gasteiger partial charge on any atom is 0.243 e. The fourth-order valence-electron chi connectivity index (χ4n) is 4.87. The Morgan fingerprint density at radius 1 is 0.861 bits per heavy atom. The number of nitrogens with zero attached hydrogens (tertiary/aromatic N) is 1. The molecule has 36 heavy (non-hydrogen) atoms. The summed E-state index contributed by atoms with van der Waals surface area (Å²) < 4.78 is 0.986. The van der Waals surface area contributed by atoms with Crippen molar-refractivity contribution in [3.05, 3.63) is 106 Å². The summed E-state index contributed by atoms with van der Waals surface area (Å²) in [4.78, 5) is 29.4. The van der Waals surface area contributed by atoms with Crippen LogP contribution in [0.5, 0.6) is 0 Å². The van der Waals surface area contributed by atoms with Crippen molar-refractivity contribution in [1.29, 1.82) is 0 Å². The number of carbonyl (C=O) groups is 2. The van der Waals surface area contributed by atoms with Crippen molar-refractivity contribution in [2.45, 2.75) is 70.5 Å². The first-order chi connectivity index (χ1) is 17.5. The molecule has 0 bridgehead atoms. The molecule has 0 radical (unpaired) electrons. The average Bonchev–Trinajstić information content (AvgIpc) is 2.89. The van der Waals surface area contributed by atoms with E-state index in [2.05, 4.69) is 21.2 Å². The molecule has 4 rings (SSSR count). The highest BCUT2D eigenvalue weighted by atomic mass is 79.9. The molecule has 0 aromatic heterocycles. The average molecular weight is 548 g/mol. The Morgan fingerprint density at radius 3 is 2.17 bits per heavy atom. The third kappa shape index (κ3) is 7.54. The Labute approximate surface area is 223 Å². The van der Waals surface area contributed by atoms with E-state index in [9.17, 15) is 9.59 Å². The van der Waals surface area contributed by atoms with Crippen LogP contribution in [0.2, 0.25) is 0 Å². The predicted octanol–water partition coefficient (Wildman–Crippen LogP) is 6.39. The first kappa shape index (κ1) is 26.2. The number of amides is 2. The summed E-state index contributed by atoms with van der Waals surface area (Å²) in [5.74, 6) is -0.0957. The van der Waals surface area contributed by atoms with Crippen LogP contribution in [-0.2, 0) is 29.0 Å². The van der Waals surface area contributed by atoms with Crippen molar-refractivity contribution < 1.29 is 9.59 Å². The fraction of sp³-hybridized carbons (Fsp3) is 0.355. The summed E-state index contributed by atoms with van der Waals surface area (Å²) in [5.41, 5.74) is 4.16. The SMILES string of the molecule is Cc1ccc(CC(=O)N(Cc2ccc(Br)cc2)[C@H](Cc2ccccc2)C(=O)NC2CCCCC2)cc1. The fourth-order valence-corrected chi connectivity index (χ4v) is 5.13. The number of hydrogen-bond acceptors (Lipinski definition) is 2. The zero-order valence-corrected chi connectivity index (χ0v) is 22.5. The van der Waals surface area contributed by atoms with E-state index in [0.29, 0.717) is 13.0 Å². The molecule has 1 aliphatic carbocycles. The van der Waals surface area contributed by atoms with Gasteiger partial charge in [-0.3, -0.25) is 9.59 Å². The number of carbonyl (C=O) groups excluding carboxylic acids is 2. The Hall–Kier alpha value is -2.92. The van der Waals surface area contributed by atoms with Gasteiger partial charge in [-0.15, -0.1) is 0 Å². The van der Waals surface area contributed by atoms with E-state index in [4.69, 9.17) is 0 Å². The molecular weight excluding hydrogens is 512 g/mol. The normalized spacial score (nSPS) is 14.7. The zero-order chi connectivity index (χ0) is 25.3. The highest BCUT2D eigenvalue weighted by molar-refractivity contribution is 9.10. The molecule has 1 saturated carbocycles. The van der Waals surface area contributed by atoms with Crippen molar-refractivity contribution in [3.8, 4) is 0 Å². The van der Waals surface area contributed by atoms with E-state index in [1.807, 2.05) is 85.8 Å². The van der Waals surface area contributed by atoms with Gasteiger partial charge in [-0.25, -0.2) is 0 Å². The molecule has 0 aliphatic heterocycles. The number of rotatable bonds is 9. The largest absolute Gasteiger partial charge is 0.352 e. The molecule has 1 aliphatic rings. The Bertz CT molecular complexity index is 1120. The molecular formula is C31H35BrN2O2. The predicted molar refractivity (Wildman–Crippen MR) is 149 cm³/mol. The monoisotopic (exact) mass is 546 g/mol. The molecule has 1 fully saturated rings. The van der Waals surface area contributed by atoms with Crippen LogP contribution >= 0.6 is 15.9 Å².